The Bertz CT molecular complexity index is 1310. The second-order valence-corrected chi connectivity index (χ2v) is 9.56. The third-order valence-corrected chi connectivity index (χ3v) is 7.03. The lowest BCUT2D eigenvalue weighted by Crippen LogP contribution is -2.19. The van der Waals surface area contributed by atoms with Crippen molar-refractivity contribution in [2.24, 2.45) is 0 Å². The van der Waals surface area contributed by atoms with Crippen molar-refractivity contribution in [3.05, 3.63) is 125 Å². The fourth-order valence-electron chi connectivity index (χ4n) is 3.76. The molecule has 0 aliphatic rings. The molecule has 0 spiro atoms. The van der Waals surface area contributed by atoms with Crippen LogP contribution in [0, 0.1) is 13.8 Å². The molecule has 0 saturated carbocycles. The van der Waals surface area contributed by atoms with Crippen LogP contribution in [0.1, 0.15) is 27.5 Å². The van der Waals surface area contributed by atoms with E-state index in [-0.39, 0.29) is 11.8 Å². The first-order chi connectivity index (χ1) is 17.0. The van der Waals surface area contributed by atoms with E-state index in [4.69, 9.17) is 0 Å². The number of hydrogen-bond acceptors (Lipinski definition) is 3. The van der Waals surface area contributed by atoms with Gasteiger partial charge in [0, 0.05) is 16.3 Å². The normalized spacial score (nSPS) is 11.5. The predicted molar refractivity (Wildman–Crippen MR) is 145 cm³/mol. The monoisotopic (exact) mass is 480 g/mol. The summed E-state index contributed by atoms with van der Waals surface area (Å²) < 4.78 is 0. The molecule has 176 valence electrons. The third-order valence-electron chi connectivity index (χ3n) is 5.78. The van der Waals surface area contributed by atoms with Gasteiger partial charge in [-0.3, -0.25) is 9.59 Å². The molecule has 0 bridgehead atoms. The van der Waals surface area contributed by atoms with Crippen LogP contribution >= 0.6 is 11.8 Å². The highest BCUT2D eigenvalue weighted by Gasteiger charge is 2.23. The lowest BCUT2D eigenvalue weighted by atomic mass is 10.1. The Morgan fingerprint density at radius 3 is 2.20 bits per heavy atom. The van der Waals surface area contributed by atoms with Gasteiger partial charge >= 0.3 is 0 Å². The van der Waals surface area contributed by atoms with E-state index >= 15 is 0 Å². The second kappa shape index (κ2) is 11.5. The number of amides is 2. The van der Waals surface area contributed by atoms with Crippen molar-refractivity contribution in [3.63, 3.8) is 0 Å². The molecule has 0 aliphatic carbocycles. The quantitative estimate of drug-likeness (QED) is 0.268. The summed E-state index contributed by atoms with van der Waals surface area (Å²) in [5, 5.41) is 5.64. The lowest BCUT2D eigenvalue weighted by molar-refractivity contribution is -0.116. The maximum Gasteiger partial charge on any atom is 0.242 e. The van der Waals surface area contributed by atoms with Gasteiger partial charge in [-0.2, -0.15) is 0 Å². The fraction of sp³-hybridized carbons (Fsp3) is 0.133. The van der Waals surface area contributed by atoms with Crippen LogP contribution in [0.5, 0.6) is 0 Å². The number of carbonyl (C=O) groups is 2. The largest absolute Gasteiger partial charge is 0.326 e. The average Bonchev–Trinajstić information content (AvgIpc) is 2.86. The molecule has 0 aromatic heterocycles. The molecule has 35 heavy (non-hydrogen) atoms. The Morgan fingerprint density at radius 1 is 0.771 bits per heavy atom. The number of benzene rings is 4. The zero-order valence-electron chi connectivity index (χ0n) is 19.8. The molecular formula is C30H28N2O2S. The lowest BCUT2D eigenvalue weighted by Gasteiger charge is -2.19. The minimum atomic E-state index is -0.452. The van der Waals surface area contributed by atoms with Crippen molar-refractivity contribution in [3.8, 4) is 0 Å². The van der Waals surface area contributed by atoms with Crippen LogP contribution in [0.3, 0.4) is 0 Å². The van der Waals surface area contributed by atoms with Crippen LogP contribution in [0.2, 0.25) is 0 Å². The van der Waals surface area contributed by atoms with Crippen molar-refractivity contribution in [2.75, 3.05) is 10.6 Å². The fourth-order valence-corrected chi connectivity index (χ4v) is 4.84. The van der Waals surface area contributed by atoms with Gasteiger partial charge in [-0.05, 0) is 60.4 Å². The van der Waals surface area contributed by atoms with Crippen molar-refractivity contribution in [1.29, 1.82) is 0 Å². The number of rotatable bonds is 8. The van der Waals surface area contributed by atoms with Crippen LogP contribution < -0.4 is 10.6 Å². The second-order valence-electron chi connectivity index (χ2n) is 8.38. The molecule has 4 aromatic carbocycles. The Balaban J connectivity index is 1.52. The van der Waals surface area contributed by atoms with E-state index in [1.807, 2.05) is 117 Å². The number of aryl methyl sites for hydroxylation is 1. The summed E-state index contributed by atoms with van der Waals surface area (Å²) in [6.07, 6.45) is 0.309. The van der Waals surface area contributed by atoms with Gasteiger partial charge in [0.15, 0.2) is 0 Å². The average molecular weight is 481 g/mol. The van der Waals surface area contributed by atoms with Crippen LogP contribution in [0.25, 0.3) is 0 Å². The first kappa shape index (κ1) is 24.3. The van der Waals surface area contributed by atoms with E-state index in [1.165, 1.54) is 11.8 Å². The van der Waals surface area contributed by atoms with Gasteiger partial charge in [0.05, 0.1) is 6.42 Å². The van der Waals surface area contributed by atoms with Crippen molar-refractivity contribution < 1.29 is 9.59 Å². The summed E-state index contributed by atoms with van der Waals surface area (Å²) in [6.45, 7) is 4.04. The standard InChI is InChI=1S/C30H28N2O2S/c1-21-11-9-18-27(22(21)2)32-30(34)29(24-14-7-4-8-15-24)35-26-17-10-16-25(20-26)31-28(33)19-23-12-5-3-6-13-23/h3-18,20,29H,19H2,1-2H3,(H,31,33)(H,32,34). The topological polar surface area (TPSA) is 58.2 Å². The van der Waals surface area contributed by atoms with E-state index in [0.717, 1.165) is 32.8 Å². The molecule has 0 radical (unpaired) electrons. The van der Waals surface area contributed by atoms with E-state index in [0.29, 0.717) is 12.1 Å². The van der Waals surface area contributed by atoms with Gasteiger partial charge in [-0.15, -0.1) is 11.8 Å². The summed E-state index contributed by atoms with van der Waals surface area (Å²) in [5.74, 6) is -0.168. The number of nitrogens with one attached hydrogen (secondary N) is 2. The molecule has 5 heteroatoms. The molecule has 2 N–H and O–H groups in total. The highest BCUT2D eigenvalue weighted by Crippen LogP contribution is 2.37. The van der Waals surface area contributed by atoms with Crippen molar-refractivity contribution in [1.82, 2.24) is 0 Å². The first-order valence-corrected chi connectivity index (χ1v) is 12.4. The maximum absolute atomic E-state index is 13.4. The highest BCUT2D eigenvalue weighted by atomic mass is 32.2. The van der Waals surface area contributed by atoms with Crippen LogP contribution in [0.4, 0.5) is 11.4 Å². The summed E-state index contributed by atoms with van der Waals surface area (Å²) in [4.78, 5) is 26.9. The van der Waals surface area contributed by atoms with Gasteiger partial charge in [0.25, 0.3) is 0 Å². The summed E-state index contributed by atoms with van der Waals surface area (Å²) in [7, 11) is 0. The van der Waals surface area contributed by atoms with Gasteiger partial charge in [0.2, 0.25) is 11.8 Å². The number of thioether (sulfide) groups is 1. The van der Waals surface area contributed by atoms with Crippen LogP contribution in [-0.4, -0.2) is 11.8 Å². The minimum absolute atomic E-state index is 0.0781. The van der Waals surface area contributed by atoms with Gasteiger partial charge in [0.1, 0.15) is 5.25 Å². The minimum Gasteiger partial charge on any atom is -0.326 e. The molecule has 4 rings (SSSR count). The van der Waals surface area contributed by atoms with Crippen LogP contribution in [0.15, 0.2) is 108 Å². The molecule has 0 aliphatic heterocycles. The Kier molecular flexibility index (Phi) is 8.01. The predicted octanol–water partition coefficient (Wildman–Crippen LogP) is 6.96. The molecule has 1 atom stereocenters. The third kappa shape index (κ3) is 6.61. The zero-order valence-corrected chi connectivity index (χ0v) is 20.6. The van der Waals surface area contributed by atoms with E-state index in [9.17, 15) is 9.59 Å². The van der Waals surface area contributed by atoms with Gasteiger partial charge in [-0.25, -0.2) is 0 Å². The number of carbonyl (C=O) groups excluding carboxylic acids is 2. The summed E-state index contributed by atoms with van der Waals surface area (Å²) in [6, 6.07) is 32.9. The Labute approximate surface area is 210 Å². The van der Waals surface area contributed by atoms with Crippen molar-refractivity contribution >= 4 is 35.0 Å². The SMILES string of the molecule is Cc1cccc(NC(=O)C(Sc2cccc(NC(=O)Cc3ccccc3)c2)c2ccccc2)c1C. The number of anilines is 2. The van der Waals surface area contributed by atoms with E-state index < -0.39 is 5.25 Å². The Morgan fingerprint density at radius 2 is 1.46 bits per heavy atom. The molecule has 4 nitrogen and oxygen atoms in total. The first-order valence-electron chi connectivity index (χ1n) is 11.5. The highest BCUT2D eigenvalue weighted by molar-refractivity contribution is 8.00. The van der Waals surface area contributed by atoms with E-state index in [1.54, 1.807) is 0 Å². The number of hydrogen-bond donors (Lipinski definition) is 2. The zero-order chi connectivity index (χ0) is 24.6. The summed E-state index contributed by atoms with van der Waals surface area (Å²) in [5.41, 5.74) is 5.59. The van der Waals surface area contributed by atoms with Gasteiger partial charge < -0.3 is 10.6 Å². The molecule has 4 aromatic rings. The van der Waals surface area contributed by atoms with Crippen LogP contribution in [-0.2, 0) is 16.0 Å². The molecule has 0 heterocycles. The maximum atomic E-state index is 13.4. The smallest absolute Gasteiger partial charge is 0.242 e. The summed E-state index contributed by atoms with van der Waals surface area (Å²) >= 11 is 1.46. The van der Waals surface area contributed by atoms with E-state index in [2.05, 4.69) is 10.6 Å². The van der Waals surface area contributed by atoms with Gasteiger partial charge in [-0.1, -0.05) is 78.9 Å². The molecular weight excluding hydrogens is 452 g/mol. The van der Waals surface area contributed by atoms with Crippen molar-refractivity contribution in [2.45, 2.75) is 30.4 Å². The Hall–Kier alpha value is -3.83. The molecule has 2 amide bonds. The molecule has 1 unspecified atom stereocenters. The molecule has 0 saturated heterocycles. The molecule has 0 fully saturated rings.